The first kappa shape index (κ1) is 25.6. The third kappa shape index (κ3) is 4.29. The number of aryl methyl sites for hydroxylation is 1. The van der Waals surface area contributed by atoms with Crippen LogP contribution in [0.15, 0.2) is 72.9 Å². The predicted octanol–water partition coefficient (Wildman–Crippen LogP) is 7.58. The summed E-state index contributed by atoms with van der Waals surface area (Å²) in [4.78, 5) is 0. The molecule has 2 aliphatic carbocycles. The van der Waals surface area contributed by atoms with Gasteiger partial charge in [0.2, 0.25) is 0 Å². The summed E-state index contributed by atoms with van der Waals surface area (Å²) in [5.74, 6) is -0.842. The van der Waals surface area contributed by atoms with Crippen molar-refractivity contribution in [3.8, 4) is 11.8 Å². The van der Waals surface area contributed by atoms with Gasteiger partial charge in [0.25, 0.3) is 0 Å². The third-order valence-corrected chi connectivity index (χ3v) is 8.61. The van der Waals surface area contributed by atoms with Gasteiger partial charge in [-0.15, -0.1) is 0 Å². The number of halogens is 4. The normalized spacial score (nSPS) is 24.9. The second kappa shape index (κ2) is 9.49. The molecule has 0 N–H and O–H groups in total. The zero-order valence-electron chi connectivity index (χ0n) is 21.2. The van der Waals surface area contributed by atoms with E-state index in [-0.39, 0.29) is 31.7 Å². The molecule has 4 aromatic rings. The lowest BCUT2D eigenvalue weighted by molar-refractivity contribution is -0.299. The summed E-state index contributed by atoms with van der Waals surface area (Å²) in [6, 6.07) is 21.4. The summed E-state index contributed by atoms with van der Waals surface area (Å²) < 4.78 is 64.9. The Kier molecular flexibility index (Phi) is 6.22. The monoisotopic (exact) mass is 533 g/mol. The Hall–Kier alpha value is -3.70. The van der Waals surface area contributed by atoms with Gasteiger partial charge in [-0.25, -0.2) is 9.07 Å². The van der Waals surface area contributed by atoms with Gasteiger partial charge in [0.05, 0.1) is 35.5 Å². The molecule has 3 aromatic carbocycles. The second-order valence-electron chi connectivity index (χ2n) is 10.7. The largest absolute Gasteiger partial charge is 0.417 e. The van der Waals surface area contributed by atoms with E-state index >= 15 is 0 Å². The minimum atomic E-state index is -4.56. The molecule has 3 unspecified atom stereocenters. The Morgan fingerprint density at radius 3 is 2.54 bits per heavy atom. The first-order valence-electron chi connectivity index (χ1n) is 13.2. The number of fused-ring (bicyclic) bond motifs is 4. The van der Waals surface area contributed by atoms with E-state index in [0.29, 0.717) is 30.5 Å². The molecule has 4 nitrogen and oxygen atoms in total. The van der Waals surface area contributed by atoms with Crippen LogP contribution in [0, 0.1) is 23.1 Å². The maximum absolute atomic E-state index is 14.6. The molecule has 0 aliphatic heterocycles. The van der Waals surface area contributed by atoms with Crippen LogP contribution in [0.3, 0.4) is 0 Å². The lowest BCUT2D eigenvalue weighted by Crippen LogP contribution is -2.56. The SMILES string of the molecule is N#CC12CCC(OCc3ccccc3)(C(F)(F)F)CC1CCCc1cc3c(cnn3-c3ccc(F)cc3)cc12. The number of benzene rings is 3. The molecule has 6 rings (SSSR count). The quantitative estimate of drug-likeness (QED) is 0.254. The van der Waals surface area contributed by atoms with Gasteiger partial charge in [-0.05, 0) is 97.5 Å². The topological polar surface area (TPSA) is 50.8 Å². The van der Waals surface area contributed by atoms with Crippen molar-refractivity contribution in [1.82, 2.24) is 9.78 Å². The first-order chi connectivity index (χ1) is 18.7. The van der Waals surface area contributed by atoms with E-state index in [4.69, 9.17) is 4.74 Å². The highest BCUT2D eigenvalue weighted by atomic mass is 19.4. The highest BCUT2D eigenvalue weighted by Crippen LogP contribution is 2.57. The van der Waals surface area contributed by atoms with Crippen molar-refractivity contribution in [3.63, 3.8) is 0 Å². The molecule has 200 valence electrons. The summed E-state index contributed by atoms with van der Waals surface area (Å²) >= 11 is 0. The summed E-state index contributed by atoms with van der Waals surface area (Å²) in [6.07, 6.45) is -1.49. The van der Waals surface area contributed by atoms with Gasteiger partial charge in [-0.2, -0.15) is 23.5 Å². The predicted molar refractivity (Wildman–Crippen MR) is 139 cm³/mol. The van der Waals surface area contributed by atoms with Gasteiger partial charge in [0.1, 0.15) is 5.82 Å². The van der Waals surface area contributed by atoms with Crippen LogP contribution in [0.1, 0.15) is 48.8 Å². The lowest BCUT2D eigenvalue weighted by atomic mass is 9.58. The molecular formula is C31H27F4N3O. The van der Waals surface area contributed by atoms with Gasteiger partial charge in [0.15, 0.2) is 5.60 Å². The van der Waals surface area contributed by atoms with Crippen LogP contribution in [0.4, 0.5) is 17.6 Å². The van der Waals surface area contributed by atoms with Crippen LogP contribution in [0.5, 0.6) is 0 Å². The molecule has 1 heterocycles. The number of hydrogen-bond acceptors (Lipinski definition) is 3. The maximum Gasteiger partial charge on any atom is 0.417 e. The zero-order valence-corrected chi connectivity index (χ0v) is 21.2. The zero-order chi connectivity index (χ0) is 27.3. The van der Waals surface area contributed by atoms with Crippen molar-refractivity contribution >= 4 is 10.9 Å². The molecule has 3 atom stereocenters. The lowest BCUT2D eigenvalue weighted by Gasteiger charge is -2.48. The minimum Gasteiger partial charge on any atom is -0.361 e. The van der Waals surface area contributed by atoms with Crippen molar-refractivity contribution in [3.05, 3.63) is 95.4 Å². The maximum atomic E-state index is 14.6. The van der Waals surface area contributed by atoms with E-state index in [1.54, 1.807) is 47.3 Å². The van der Waals surface area contributed by atoms with E-state index in [1.165, 1.54) is 12.1 Å². The molecule has 1 saturated carbocycles. The summed E-state index contributed by atoms with van der Waals surface area (Å²) in [5.41, 5.74) is 0.635. The Labute approximate surface area is 223 Å². The number of nitrogens with zero attached hydrogens (tertiary/aromatic N) is 3. The Balaban J connectivity index is 1.38. The van der Waals surface area contributed by atoms with Crippen LogP contribution in [0.2, 0.25) is 0 Å². The van der Waals surface area contributed by atoms with Crippen LogP contribution >= 0.6 is 0 Å². The van der Waals surface area contributed by atoms with Crippen LogP contribution in [-0.4, -0.2) is 21.6 Å². The molecule has 1 fully saturated rings. The number of aromatic nitrogens is 2. The van der Waals surface area contributed by atoms with Gasteiger partial charge in [-0.3, -0.25) is 0 Å². The number of nitriles is 1. The molecule has 0 amide bonds. The molecule has 0 radical (unpaired) electrons. The standard InChI is InChI=1S/C31H27F4N3O/c32-25-9-11-26(12-10-25)38-28-16-22-7-4-8-24-17-30(31(33,34)35,39-19-21-5-2-1-3-6-21)14-13-29(24,20-36)27(22)15-23(28)18-37-38/h1-3,5-6,9-12,15-16,18,24H,4,7-8,13-14,17,19H2. The van der Waals surface area contributed by atoms with Gasteiger partial charge >= 0.3 is 6.18 Å². The van der Waals surface area contributed by atoms with Gasteiger partial charge < -0.3 is 4.74 Å². The van der Waals surface area contributed by atoms with E-state index in [2.05, 4.69) is 11.2 Å². The Morgan fingerprint density at radius 2 is 1.82 bits per heavy atom. The smallest absolute Gasteiger partial charge is 0.361 e. The van der Waals surface area contributed by atoms with E-state index < -0.39 is 23.1 Å². The number of hydrogen-bond donors (Lipinski definition) is 0. The number of rotatable bonds is 4. The van der Waals surface area contributed by atoms with E-state index in [0.717, 1.165) is 22.0 Å². The van der Waals surface area contributed by atoms with E-state index in [1.807, 2.05) is 18.2 Å². The summed E-state index contributed by atoms with van der Waals surface area (Å²) in [6.45, 7) is -0.133. The molecule has 8 heteroatoms. The molecule has 2 aliphatic rings. The summed E-state index contributed by atoms with van der Waals surface area (Å²) in [5, 5.41) is 15.9. The van der Waals surface area contributed by atoms with Gasteiger partial charge in [-0.1, -0.05) is 30.3 Å². The molecule has 0 spiro atoms. The van der Waals surface area contributed by atoms with Crippen LogP contribution in [0.25, 0.3) is 16.6 Å². The minimum absolute atomic E-state index is 0.0626. The van der Waals surface area contributed by atoms with Crippen LogP contribution in [-0.2, 0) is 23.2 Å². The van der Waals surface area contributed by atoms with E-state index in [9.17, 15) is 22.8 Å². The van der Waals surface area contributed by atoms with Crippen molar-refractivity contribution < 1.29 is 22.3 Å². The van der Waals surface area contributed by atoms with Crippen molar-refractivity contribution in [2.75, 3.05) is 0 Å². The molecule has 39 heavy (non-hydrogen) atoms. The van der Waals surface area contributed by atoms with Crippen molar-refractivity contribution in [1.29, 1.82) is 5.26 Å². The van der Waals surface area contributed by atoms with Gasteiger partial charge in [0, 0.05) is 5.39 Å². The Morgan fingerprint density at radius 1 is 1.05 bits per heavy atom. The molecular weight excluding hydrogens is 506 g/mol. The highest BCUT2D eigenvalue weighted by Gasteiger charge is 2.63. The average Bonchev–Trinajstić information content (AvgIpc) is 3.28. The fourth-order valence-corrected chi connectivity index (χ4v) is 6.52. The van der Waals surface area contributed by atoms with Crippen LogP contribution < -0.4 is 0 Å². The number of ether oxygens (including phenoxy) is 1. The van der Waals surface area contributed by atoms with Crippen molar-refractivity contribution in [2.45, 2.75) is 62.3 Å². The fraction of sp³-hybridized carbons (Fsp3) is 0.355. The highest BCUT2D eigenvalue weighted by molar-refractivity contribution is 5.83. The third-order valence-electron chi connectivity index (χ3n) is 8.61. The average molecular weight is 534 g/mol. The van der Waals surface area contributed by atoms with Crippen molar-refractivity contribution in [2.24, 2.45) is 5.92 Å². The molecule has 0 bridgehead atoms. The molecule has 0 saturated heterocycles. The second-order valence-corrected chi connectivity index (χ2v) is 10.7. The first-order valence-corrected chi connectivity index (χ1v) is 13.2. The Bertz CT molecular complexity index is 1540. The fourth-order valence-electron chi connectivity index (χ4n) is 6.52. The number of alkyl halides is 3. The molecule has 1 aromatic heterocycles. The summed E-state index contributed by atoms with van der Waals surface area (Å²) in [7, 11) is 0.